The molecule has 0 radical (unpaired) electrons. The molecule has 0 aromatic heterocycles. The molecule has 0 bridgehead atoms. The summed E-state index contributed by atoms with van der Waals surface area (Å²) in [6.07, 6.45) is 0. The van der Waals surface area contributed by atoms with E-state index in [0.717, 1.165) is 0 Å². The van der Waals surface area contributed by atoms with Gasteiger partial charge in [-0.25, -0.2) is 0 Å². The standard InChI is InChI=1S/Al.K.Mn.2H2O.3O.4H/h;;;2*1H2;;;;;;;/q;;+1;;;;;;;;;/p-1. The van der Waals surface area contributed by atoms with E-state index in [-0.39, 0.29) is 74.2 Å². The Balaban J connectivity index is -0.0000000267. The van der Waals surface area contributed by atoms with Gasteiger partial charge in [-0.15, -0.1) is 0 Å². The number of rotatable bonds is 0. The molecule has 8 heteroatoms. The molecule has 8 heavy (non-hydrogen) atoms. The fraction of sp³-hybridized carbons (Fsp3) is 0. The molecule has 0 amide bonds. The molecule has 0 aromatic rings. The second kappa shape index (κ2) is 9.01. The van der Waals surface area contributed by atoms with Crippen LogP contribution in [0.3, 0.4) is 0 Å². The van der Waals surface area contributed by atoms with Crippen LogP contribution in [0, 0.1) is 0 Å². The first-order valence-electron chi connectivity index (χ1n) is 0.632. The SMILES string of the molecule is O.[AlH3].[KH].[O]=[Mn](=[O])(=[O])[OH]. The Labute approximate surface area is 101 Å². The molecular formula is H7AlKMnO5. The summed E-state index contributed by atoms with van der Waals surface area (Å²) in [7, 11) is 0. The van der Waals surface area contributed by atoms with Crippen LogP contribution in [-0.4, -0.2) is 78.4 Å². The van der Waals surface area contributed by atoms with E-state index in [9.17, 15) is 0 Å². The quantitative estimate of drug-likeness (QED) is 0.416. The van der Waals surface area contributed by atoms with Crippen LogP contribution in [0.1, 0.15) is 0 Å². The Kier molecular flexibility index (Phi) is 25.3. The molecule has 0 atom stereocenters. The van der Waals surface area contributed by atoms with Crippen LogP contribution in [0.15, 0.2) is 0 Å². The molecule has 48 valence electrons. The van der Waals surface area contributed by atoms with Crippen molar-refractivity contribution in [2.75, 3.05) is 0 Å². The minimum absolute atomic E-state index is 0. The van der Waals surface area contributed by atoms with Crippen LogP contribution in [0.4, 0.5) is 0 Å². The van der Waals surface area contributed by atoms with Crippen molar-refractivity contribution >= 4 is 68.7 Å². The maximum absolute atomic E-state index is 8.69. The monoisotopic (exact) mass is 208 g/mol. The van der Waals surface area contributed by atoms with Gasteiger partial charge in [0.05, 0.1) is 0 Å². The summed E-state index contributed by atoms with van der Waals surface area (Å²) in [6, 6.07) is 0. The van der Waals surface area contributed by atoms with E-state index < -0.39 is 13.0 Å². The molecule has 0 saturated heterocycles. The summed E-state index contributed by atoms with van der Waals surface area (Å²) in [6.45, 7) is 0. The van der Waals surface area contributed by atoms with Gasteiger partial charge in [0.15, 0.2) is 17.4 Å². The van der Waals surface area contributed by atoms with Crippen molar-refractivity contribution in [3.05, 3.63) is 0 Å². The van der Waals surface area contributed by atoms with Crippen LogP contribution in [0.5, 0.6) is 0 Å². The molecule has 0 saturated carbocycles. The van der Waals surface area contributed by atoms with Crippen molar-refractivity contribution in [1.29, 1.82) is 0 Å². The summed E-state index contributed by atoms with van der Waals surface area (Å²) in [4.78, 5) is 0. The van der Waals surface area contributed by atoms with Gasteiger partial charge < -0.3 is 5.48 Å². The predicted molar refractivity (Wildman–Crippen MR) is 25.0 cm³/mol. The molecule has 5 nitrogen and oxygen atoms in total. The molecular weight excluding hydrogens is 201 g/mol. The van der Waals surface area contributed by atoms with Gasteiger partial charge in [0.1, 0.15) is 0 Å². The van der Waals surface area contributed by atoms with Gasteiger partial charge in [0.25, 0.3) is 0 Å². The Morgan fingerprint density at radius 1 is 1.12 bits per heavy atom. The zero-order valence-electron chi connectivity index (χ0n) is 2.55. The average Bonchev–Trinajstić information content (AvgIpc) is 0.722. The van der Waals surface area contributed by atoms with Crippen molar-refractivity contribution in [3.63, 3.8) is 0 Å². The fourth-order valence-corrected chi connectivity index (χ4v) is 0. The van der Waals surface area contributed by atoms with Crippen LogP contribution in [0.2, 0.25) is 0 Å². The zero-order valence-corrected chi connectivity index (χ0v) is 3.73. The number of hydrogen-bond acceptors (Lipinski definition) is 3. The van der Waals surface area contributed by atoms with Gasteiger partial charge in [-0.2, -0.15) is 0 Å². The van der Waals surface area contributed by atoms with E-state index in [1.165, 1.54) is 0 Å². The topological polar surface area (TPSA) is 103 Å². The normalized spacial score (nSPS) is 7.12. The molecule has 0 aliphatic rings. The van der Waals surface area contributed by atoms with Gasteiger partial charge in [-0.1, -0.05) is 0 Å². The van der Waals surface area contributed by atoms with Crippen molar-refractivity contribution in [2.45, 2.75) is 0 Å². The second-order valence-corrected chi connectivity index (χ2v) is 1.63. The molecule has 0 aliphatic heterocycles. The van der Waals surface area contributed by atoms with Crippen LogP contribution in [-0.2, 0) is 24.5 Å². The molecule has 0 unspecified atom stereocenters. The van der Waals surface area contributed by atoms with Crippen molar-refractivity contribution in [2.24, 2.45) is 0 Å². The molecule has 0 aliphatic carbocycles. The Bertz CT molecular complexity index is 134. The molecule has 0 aromatic carbocycles. The summed E-state index contributed by atoms with van der Waals surface area (Å²) in [5.74, 6) is 0. The van der Waals surface area contributed by atoms with Crippen LogP contribution < -0.4 is 0 Å². The van der Waals surface area contributed by atoms with E-state index in [1.807, 2.05) is 0 Å². The first kappa shape index (κ1) is 22.5. The van der Waals surface area contributed by atoms with Crippen molar-refractivity contribution in [1.82, 2.24) is 0 Å². The van der Waals surface area contributed by atoms with Gasteiger partial charge >= 0.3 is 80.0 Å². The molecule has 0 spiro atoms. The van der Waals surface area contributed by atoms with Crippen molar-refractivity contribution < 1.29 is 34.1 Å². The molecule has 0 rings (SSSR count). The second-order valence-electron chi connectivity index (χ2n) is 0.396. The molecule has 0 fully saturated rings. The summed E-state index contributed by atoms with van der Waals surface area (Å²) in [5.41, 5.74) is 0. The van der Waals surface area contributed by atoms with Crippen LogP contribution >= 0.6 is 0 Å². The van der Waals surface area contributed by atoms with Gasteiger partial charge in [-0.3, -0.25) is 0 Å². The van der Waals surface area contributed by atoms with Crippen molar-refractivity contribution in [3.8, 4) is 0 Å². The van der Waals surface area contributed by atoms with E-state index in [4.69, 9.17) is 15.7 Å². The summed E-state index contributed by atoms with van der Waals surface area (Å²) >= 11 is -5.38. The third kappa shape index (κ3) is 97.5. The fourth-order valence-electron chi connectivity index (χ4n) is 0. The third-order valence-electron chi connectivity index (χ3n) is 0. The maximum atomic E-state index is 8.69. The van der Waals surface area contributed by atoms with E-state index in [2.05, 4.69) is 0 Å². The first-order chi connectivity index (χ1) is 2.00. The van der Waals surface area contributed by atoms with Gasteiger partial charge in [-0.05, 0) is 0 Å². The Morgan fingerprint density at radius 2 is 1.12 bits per heavy atom. The summed E-state index contributed by atoms with van der Waals surface area (Å²) in [5, 5.41) is 0. The minimum atomic E-state index is -5.38. The molecule has 3 N–H and O–H groups in total. The van der Waals surface area contributed by atoms with E-state index in [0.29, 0.717) is 0 Å². The zero-order chi connectivity index (χ0) is 4.50. The summed E-state index contributed by atoms with van der Waals surface area (Å²) < 4.78 is 33.1. The van der Waals surface area contributed by atoms with E-state index >= 15 is 0 Å². The van der Waals surface area contributed by atoms with Crippen LogP contribution in [0.25, 0.3) is 0 Å². The third-order valence-corrected chi connectivity index (χ3v) is 0. The van der Waals surface area contributed by atoms with Gasteiger partial charge in [0, 0.05) is 0 Å². The van der Waals surface area contributed by atoms with Gasteiger partial charge in [0.2, 0.25) is 0 Å². The first-order valence-corrected chi connectivity index (χ1v) is 2.61. The van der Waals surface area contributed by atoms with E-state index in [1.54, 1.807) is 0 Å². The number of hydrogen-bond donors (Lipinski definition) is 1. The molecule has 0 heterocycles. The Morgan fingerprint density at radius 3 is 1.12 bits per heavy atom. The predicted octanol–water partition coefficient (Wildman–Crippen LogP) is -3.57. The Hall–Kier alpha value is 2.01. The average molecular weight is 208 g/mol.